The molecule has 5 aromatic rings. The van der Waals surface area contributed by atoms with Gasteiger partial charge in [-0.3, -0.25) is 4.98 Å². The first-order valence-corrected chi connectivity index (χ1v) is 8.91. The molecule has 0 fully saturated rings. The van der Waals surface area contributed by atoms with Gasteiger partial charge in [0.05, 0.1) is 5.39 Å². The summed E-state index contributed by atoms with van der Waals surface area (Å²) in [7, 11) is 0. The zero-order chi connectivity index (χ0) is 16.7. The van der Waals surface area contributed by atoms with Crippen molar-refractivity contribution < 1.29 is 4.57 Å². The number of pyridine rings is 2. The van der Waals surface area contributed by atoms with Gasteiger partial charge < -0.3 is 0 Å². The lowest BCUT2D eigenvalue weighted by Crippen LogP contribution is -2.30. The van der Waals surface area contributed by atoms with Crippen molar-refractivity contribution in [2.45, 2.75) is 26.3 Å². The Balaban J connectivity index is 2.06. The molecule has 0 spiro atoms. The highest BCUT2D eigenvalue weighted by molar-refractivity contribution is 6.14. The lowest BCUT2D eigenvalue weighted by Gasteiger charge is -2.12. The average Bonchev–Trinajstić information content (AvgIpc) is 3.16. The number of hydrogen-bond donors (Lipinski definition) is 0. The molecule has 25 heavy (non-hydrogen) atoms. The minimum atomic E-state index is 0.472. The van der Waals surface area contributed by atoms with Crippen LogP contribution in [0, 0.1) is 0 Å². The molecule has 3 aromatic heterocycles. The van der Waals surface area contributed by atoms with Gasteiger partial charge in [0, 0.05) is 17.1 Å². The van der Waals surface area contributed by atoms with Gasteiger partial charge in [-0.1, -0.05) is 38.1 Å². The van der Waals surface area contributed by atoms with Crippen molar-refractivity contribution in [2.75, 3.05) is 0 Å². The number of fused-ring (bicyclic) bond motifs is 6. The molecule has 0 aliphatic carbocycles. The highest BCUT2D eigenvalue weighted by Crippen LogP contribution is 2.39. The molecule has 1 aliphatic rings. The van der Waals surface area contributed by atoms with E-state index in [2.05, 4.69) is 65.3 Å². The lowest BCUT2D eigenvalue weighted by molar-refractivity contribution is -0.631. The predicted octanol–water partition coefficient (Wildman–Crippen LogP) is 4.57. The molecule has 0 atom stereocenters. The maximum Gasteiger partial charge on any atom is 0.296 e. The van der Waals surface area contributed by atoms with Crippen LogP contribution in [0.1, 0.15) is 30.9 Å². The van der Waals surface area contributed by atoms with Gasteiger partial charge in [0.1, 0.15) is 12.1 Å². The highest BCUT2D eigenvalue weighted by atomic mass is 15.1. The minimum Gasteiger partial charge on any atom is -0.252 e. The predicted molar refractivity (Wildman–Crippen MR) is 101 cm³/mol. The number of para-hydroxylation sites is 2. The SMILES string of the molecule is CC(C)c1ccc2c3c1c1ncccc1n1c4ccccc4[n+](c31)C2. The molecule has 0 amide bonds. The summed E-state index contributed by atoms with van der Waals surface area (Å²) in [6, 6.07) is 17.6. The molecule has 0 saturated carbocycles. The summed E-state index contributed by atoms with van der Waals surface area (Å²) >= 11 is 0. The maximum atomic E-state index is 4.82. The van der Waals surface area contributed by atoms with Gasteiger partial charge >= 0.3 is 0 Å². The van der Waals surface area contributed by atoms with Gasteiger partial charge in [0.15, 0.2) is 16.6 Å². The molecule has 0 unspecified atom stereocenters. The molecule has 0 N–H and O–H groups in total. The quantitative estimate of drug-likeness (QED) is 0.321. The molecule has 6 rings (SSSR count). The molecule has 0 saturated heterocycles. The molecule has 3 heteroatoms. The summed E-state index contributed by atoms with van der Waals surface area (Å²) in [4.78, 5) is 4.82. The summed E-state index contributed by atoms with van der Waals surface area (Å²) in [5.41, 5.74) is 8.98. The minimum absolute atomic E-state index is 0.472. The van der Waals surface area contributed by atoms with Crippen molar-refractivity contribution in [3.63, 3.8) is 0 Å². The summed E-state index contributed by atoms with van der Waals surface area (Å²) in [6.07, 6.45) is 1.92. The number of benzene rings is 2. The van der Waals surface area contributed by atoms with E-state index in [1.165, 1.54) is 44.1 Å². The van der Waals surface area contributed by atoms with E-state index in [0.717, 1.165) is 12.1 Å². The molecule has 3 nitrogen and oxygen atoms in total. The van der Waals surface area contributed by atoms with Crippen molar-refractivity contribution in [3.8, 4) is 0 Å². The molecule has 0 bridgehead atoms. The van der Waals surface area contributed by atoms with Crippen molar-refractivity contribution in [3.05, 3.63) is 65.9 Å². The normalized spacial score (nSPS) is 13.4. The Morgan fingerprint density at radius 3 is 2.68 bits per heavy atom. The van der Waals surface area contributed by atoms with Gasteiger partial charge in [-0.2, -0.15) is 4.40 Å². The van der Waals surface area contributed by atoms with Crippen LogP contribution in [0.4, 0.5) is 0 Å². The summed E-state index contributed by atoms with van der Waals surface area (Å²) in [5.74, 6) is 0.472. The third kappa shape index (κ3) is 1.47. The second-order valence-corrected chi connectivity index (χ2v) is 7.32. The van der Waals surface area contributed by atoms with Crippen LogP contribution in [0.25, 0.3) is 38.5 Å². The Labute approximate surface area is 145 Å². The smallest absolute Gasteiger partial charge is 0.252 e. The molecule has 0 radical (unpaired) electrons. The standard InChI is InChI=1S/C22H18N3/c1-13(2)15-10-9-14-12-24-16-6-3-4-7-17(16)25-18-8-5-11-23-21(18)20(15)19(14)22(24)25/h3-11,13H,12H2,1-2H3/q+1. The molecular weight excluding hydrogens is 306 g/mol. The van der Waals surface area contributed by atoms with Crippen LogP contribution in [-0.4, -0.2) is 9.38 Å². The van der Waals surface area contributed by atoms with E-state index in [0.29, 0.717) is 5.92 Å². The number of nitrogens with zero attached hydrogens (tertiary/aromatic N) is 3. The average molecular weight is 324 g/mol. The van der Waals surface area contributed by atoms with E-state index in [9.17, 15) is 0 Å². The van der Waals surface area contributed by atoms with E-state index in [1.807, 2.05) is 12.3 Å². The summed E-state index contributed by atoms with van der Waals surface area (Å²) < 4.78 is 4.87. The molecule has 1 aliphatic heterocycles. The summed E-state index contributed by atoms with van der Waals surface area (Å²) in [6.45, 7) is 5.49. The topological polar surface area (TPSA) is 21.2 Å². The van der Waals surface area contributed by atoms with Gasteiger partial charge in [0.2, 0.25) is 0 Å². The van der Waals surface area contributed by atoms with Gasteiger partial charge in [-0.25, -0.2) is 4.57 Å². The fourth-order valence-corrected chi connectivity index (χ4v) is 4.61. The molecular formula is C22H18N3+. The second kappa shape index (κ2) is 4.37. The van der Waals surface area contributed by atoms with Crippen molar-refractivity contribution in [1.29, 1.82) is 0 Å². The van der Waals surface area contributed by atoms with E-state index in [4.69, 9.17) is 4.98 Å². The van der Waals surface area contributed by atoms with Crippen molar-refractivity contribution in [1.82, 2.24) is 9.38 Å². The largest absolute Gasteiger partial charge is 0.296 e. The van der Waals surface area contributed by atoms with Crippen LogP contribution in [0.2, 0.25) is 0 Å². The maximum absolute atomic E-state index is 4.82. The van der Waals surface area contributed by atoms with E-state index in [1.54, 1.807) is 0 Å². The van der Waals surface area contributed by atoms with Gasteiger partial charge in [-0.15, -0.1) is 0 Å². The molecule has 4 heterocycles. The Kier molecular flexibility index (Phi) is 2.33. The third-order valence-corrected chi connectivity index (χ3v) is 5.64. The van der Waals surface area contributed by atoms with E-state index >= 15 is 0 Å². The molecule has 120 valence electrons. The van der Waals surface area contributed by atoms with E-state index in [-0.39, 0.29) is 0 Å². The van der Waals surface area contributed by atoms with Crippen LogP contribution in [0.5, 0.6) is 0 Å². The van der Waals surface area contributed by atoms with Crippen molar-refractivity contribution in [2.24, 2.45) is 0 Å². The van der Waals surface area contributed by atoms with E-state index < -0.39 is 0 Å². The monoisotopic (exact) mass is 324 g/mol. The van der Waals surface area contributed by atoms with Crippen LogP contribution in [0.15, 0.2) is 54.7 Å². The highest BCUT2D eigenvalue weighted by Gasteiger charge is 2.32. The number of rotatable bonds is 1. The van der Waals surface area contributed by atoms with Gasteiger partial charge in [-0.05, 0) is 35.7 Å². The lowest BCUT2D eigenvalue weighted by atomic mass is 9.93. The zero-order valence-electron chi connectivity index (χ0n) is 14.3. The number of aromatic nitrogens is 3. The third-order valence-electron chi connectivity index (χ3n) is 5.64. The number of hydrogen-bond acceptors (Lipinski definition) is 1. The summed E-state index contributed by atoms with van der Waals surface area (Å²) in [5, 5.41) is 2.72. The first kappa shape index (κ1) is 13.4. The fourth-order valence-electron chi connectivity index (χ4n) is 4.61. The Morgan fingerprint density at radius 1 is 0.960 bits per heavy atom. The van der Waals surface area contributed by atoms with Crippen LogP contribution < -0.4 is 4.57 Å². The molecule has 2 aromatic carbocycles. The van der Waals surface area contributed by atoms with Crippen LogP contribution in [0.3, 0.4) is 0 Å². The first-order valence-electron chi connectivity index (χ1n) is 8.91. The van der Waals surface area contributed by atoms with Crippen LogP contribution in [-0.2, 0) is 6.54 Å². The fraction of sp³-hybridized carbons (Fsp3) is 0.182. The second-order valence-electron chi connectivity index (χ2n) is 7.32. The van der Waals surface area contributed by atoms with Crippen LogP contribution >= 0.6 is 0 Å². The Hall–Kier alpha value is -2.94. The number of imidazole rings is 1. The first-order chi connectivity index (χ1) is 12.3. The Morgan fingerprint density at radius 2 is 1.80 bits per heavy atom. The zero-order valence-corrected chi connectivity index (χ0v) is 14.3. The van der Waals surface area contributed by atoms with Gasteiger partial charge in [0.25, 0.3) is 5.65 Å². The Bertz CT molecular complexity index is 1340. The van der Waals surface area contributed by atoms with Crippen molar-refractivity contribution >= 4 is 38.5 Å².